The highest BCUT2D eigenvalue weighted by Gasteiger charge is 2.11. The van der Waals surface area contributed by atoms with Gasteiger partial charge in [0.2, 0.25) is 0 Å². The Morgan fingerprint density at radius 3 is 2.93 bits per heavy atom. The predicted octanol–water partition coefficient (Wildman–Crippen LogP) is 1.22. The number of pyridine rings is 1. The average molecular weight is 192 g/mol. The minimum absolute atomic E-state index is 0.860. The molecule has 3 heteroatoms. The first-order valence-electron chi connectivity index (χ1n) is 5.07. The summed E-state index contributed by atoms with van der Waals surface area (Å²) < 4.78 is 5.31. The Hall–Kier alpha value is -0.930. The highest BCUT2D eigenvalue weighted by Crippen LogP contribution is 2.09. The Kier molecular flexibility index (Phi) is 3.11. The average Bonchev–Trinajstić information content (AvgIpc) is 2.23. The molecule has 1 fully saturated rings. The molecule has 2 rings (SSSR count). The lowest BCUT2D eigenvalue weighted by Gasteiger charge is -2.26. The van der Waals surface area contributed by atoms with Crippen molar-refractivity contribution < 1.29 is 4.74 Å². The van der Waals surface area contributed by atoms with E-state index in [0.29, 0.717) is 0 Å². The zero-order chi connectivity index (χ0) is 9.80. The van der Waals surface area contributed by atoms with E-state index in [1.54, 1.807) is 0 Å². The third-order valence-electron chi connectivity index (χ3n) is 2.61. The van der Waals surface area contributed by atoms with E-state index in [1.165, 1.54) is 5.56 Å². The number of aryl methyl sites for hydroxylation is 1. The molecular weight excluding hydrogens is 176 g/mol. The second-order valence-corrected chi connectivity index (χ2v) is 3.64. The third-order valence-corrected chi connectivity index (χ3v) is 2.61. The van der Waals surface area contributed by atoms with Crippen LogP contribution >= 0.6 is 0 Å². The molecule has 0 amide bonds. The van der Waals surface area contributed by atoms with Gasteiger partial charge in [0.1, 0.15) is 0 Å². The topological polar surface area (TPSA) is 25.4 Å². The van der Waals surface area contributed by atoms with Crippen LogP contribution in [0.2, 0.25) is 0 Å². The molecule has 2 heterocycles. The largest absolute Gasteiger partial charge is 0.379 e. The first-order chi connectivity index (χ1) is 6.86. The van der Waals surface area contributed by atoms with E-state index in [1.807, 2.05) is 12.3 Å². The van der Waals surface area contributed by atoms with Gasteiger partial charge in [-0.25, -0.2) is 0 Å². The Balaban J connectivity index is 1.99. The quantitative estimate of drug-likeness (QED) is 0.704. The number of aromatic nitrogens is 1. The Labute approximate surface area is 84.7 Å². The smallest absolute Gasteiger partial charge is 0.0594 e. The van der Waals surface area contributed by atoms with Gasteiger partial charge >= 0.3 is 0 Å². The van der Waals surface area contributed by atoms with Gasteiger partial charge in [0.05, 0.1) is 13.2 Å². The molecule has 1 aliphatic rings. The fraction of sp³-hybridized carbons (Fsp3) is 0.545. The van der Waals surface area contributed by atoms with Crippen molar-refractivity contribution in [2.24, 2.45) is 0 Å². The number of hydrogen-bond acceptors (Lipinski definition) is 3. The molecule has 1 aliphatic heterocycles. The van der Waals surface area contributed by atoms with Gasteiger partial charge in [-0.1, -0.05) is 6.07 Å². The molecule has 14 heavy (non-hydrogen) atoms. The van der Waals surface area contributed by atoms with E-state index in [9.17, 15) is 0 Å². The van der Waals surface area contributed by atoms with E-state index >= 15 is 0 Å². The summed E-state index contributed by atoms with van der Waals surface area (Å²) in [5, 5.41) is 0. The van der Waals surface area contributed by atoms with Crippen LogP contribution in [0.3, 0.4) is 0 Å². The van der Waals surface area contributed by atoms with Crippen LogP contribution in [0, 0.1) is 6.92 Å². The van der Waals surface area contributed by atoms with Crippen LogP contribution in [0.5, 0.6) is 0 Å². The highest BCUT2D eigenvalue weighted by molar-refractivity contribution is 5.17. The zero-order valence-corrected chi connectivity index (χ0v) is 8.57. The Bertz CT molecular complexity index is 295. The van der Waals surface area contributed by atoms with Crippen LogP contribution in [0.25, 0.3) is 0 Å². The third kappa shape index (κ3) is 2.30. The minimum Gasteiger partial charge on any atom is -0.379 e. The zero-order valence-electron chi connectivity index (χ0n) is 8.57. The SMILES string of the molecule is Cc1ncccc1CN1CCOCC1. The Morgan fingerprint density at radius 2 is 2.21 bits per heavy atom. The van der Waals surface area contributed by atoms with Crippen molar-refractivity contribution in [1.82, 2.24) is 9.88 Å². The molecule has 76 valence electrons. The molecule has 0 spiro atoms. The van der Waals surface area contributed by atoms with Gasteiger partial charge in [-0.05, 0) is 18.6 Å². The molecule has 0 aliphatic carbocycles. The van der Waals surface area contributed by atoms with Crippen LogP contribution in [-0.2, 0) is 11.3 Å². The monoisotopic (exact) mass is 192 g/mol. The summed E-state index contributed by atoms with van der Waals surface area (Å²) in [6.07, 6.45) is 1.85. The summed E-state index contributed by atoms with van der Waals surface area (Å²) in [5.74, 6) is 0. The molecule has 1 saturated heterocycles. The second kappa shape index (κ2) is 4.53. The van der Waals surface area contributed by atoms with Gasteiger partial charge in [0.25, 0.3) is 0 Å². The van der Waals surface area contributed by atoms with Crippen LogP contribution in [-0.4, -0.2) is 36.2 Å². The molecule has 0 N–H and O–H groups in total. The first-order valence-corrected chi connectivity index (χ1v) is 5.07. The maximum absolute atomic E-state index is 5.31. The number of nitrogens with zero attached hydrogens (tertiary/aromatic N) is 2. The fourth-order valence-corrected chi connectivity index (χ4v) is 1.68. The summed E-state index contributed by atoms with van der Waals surface area (Å²) in [5.41, 5.74) is 2.47. The van der Waals surface area contributed by atoms with Crippen molar-refractivity contribution in [2.45, 2.75) is 13.5 Å². The first kappa shape index (κ1) is 9.62. The minimum atomic E-state index is 0.860. The van der Waals surface area contributed by atoms with Crippen molar-refractivity contribution in [3.05, 3.63) is 29.6 Å². The van der Waals surface area contributed by atoms with E-state index in [0.717, 1.165) is 38.5 Å². The lowest BCUT2D eigenvalue weighted by atomic mass is 10.2. The lowest BCUT2D eigenvalue weighted by Crippen LogP contribution is -2.35. The number of rotatable bonds is 2. The van der Waals surface area contributed by atoms with Crippen LogP contribution in [0.4, 0.5) is 0 Å². The van der Waals surface area contributed by atoms with Gasteiger partial charge < -0.3 is 4.74 Å². The normalized spacial score (nSPS) is 18.4. The molecule has 3 nitrogen and oxygen atoms in total. The van der Waals surface area contributed by atoms with Crippen LogP contribution in [0.15, 0.2) is 18.3 Å². The van der Waals surface area contributed by atoms with Crippen molar-refractivity contribution >= 4 is 0 Å². The second-order valence-electron chi connectivity index (χ2n) is 3.64. The maximum atomic E-state index is 5.31. The standard InChI is InChI=1S/C11H16N2O/c1-10-11(3-2-4-12-10)9-13-5-7-14-8-6-13/h2-4H,5-9H2,1H3. The predicted molar refractivity (Wildman–Crippen MR) is 55.1 cm³/mol. The van der Waals surface area contributed by atoms with Crippen LogP contribution in [0.1, 0.15) is 11.3 Å². The summed E-state index contributed by atoms with van der Waals surface area (Å²) >= 11 is 0. The maximum Gasteiger partial charge on any atom is 0.0594 e. The Morgan fingerprint density at radius 1 is 1.43 bits per heavy atom. The van der Waals surface area contributed by atoms with Gasteiger partial charge in [0, 0.05) is 31.5 Å². The molecule has 0 unspecified atom stereocenters. The molecular formula is C11H16N2O. The van der Waals surface area contributed by atoms with E-state index in [4.69, 9.17) is 4.74 Å². The van der Waals surface area contributed by atoms with Crippen LogP contribution < -0.4 is 0 Å². The van der Waals surface area contributed by atoms with E-state index in [-0.39, 0.29) is 0 Å². The summed E-state index contributed by atoms with van der Waals surface area (Å²) in [4.78, 5) is 6.70. The van der Waals surface area contributed by atoms with Crippen molar-refractivity contribution in [2.75, 3.05) is 26.3 Å². The highest BCUT2D eigenvalue weighted by atomic mass is 16.5. The summed E-state index contributed by atoms with van der Waals surface area (Å²) in [7, 11) is 0. The van der Waals surface area contributed by atoms with E-state index < -0.39 is 0 Å². The molecule has 0 saturated carbocycles. The fourth-order valence-electron chi connectivity index (χ4n) is 1.68. The molecule has 0 bridgehead atoms. The molecule has 0 radical (unpaired) electrons. The van der Waals surface area contributed by atoms with Gasteiger partial charge in [0.15, 0.2) is 0 Å². The lowest BCUT2D eigenvalue weighted by molar-refractivity contribution is 0.0340. The molecule has 1 aromatic rings. The number of morpholine rings is 1. The molecule has 1 aromatic heterocycles. The summed E-state index contributed by atoms with van der Waals surface area (Å²) in [6.45, 7) is 6.86. The van der Waals surface area contributed by atoms with Gasteiger partial charge in [-0.15, -0.1) is 0 Å². The van der Waals surface area contributed by atoms with Crippen molar-refractivity contribution in [3.63, 3.8) is 0 Å². The number of ether oxygens (including phenoxy) is 1. The van der Waals surface area contributed by atoms with E-state index in [2.05, 4.69) is 22.9 Å². The number of hydrogen-bond donors (Lipinski definition) is 0. The van der Waals surface area contributed by atoms with Crippen molar-refractivity contribution in [1.29, 1.82) is 0 Å². The van der Waals surface area contributed by atoms with Gasteiger partial charge in [-0.2, -0.15) is 0 Å². The van der Waals surface area contributed by atoms with Crippen molar-refractivity contribution in [3.8, 4) is 0 Å². The molecule has 0 atom stereocenters. The van der Waals surface area contributed by atoms with Gasteiger partial charge in [-0.3, -0.25) is 9.88 Å². The molecule has 0 aromatic carbocycles. The summed E-state index contributed by atoms with van der Waals surface area (Å²) in [6, 6.07) is 4.15.